The molecule has 0 radical (unpaired) electrons. The summed E-state index contributed by atoms with van der Waals surface area (Å²) in [6, 6.07) is 5.32. The maximum Gasteiger partial charge on any atom is 0.337 e. The second kappa shape index (κ2) is 3.19. The van der Waals surface area contributed by atoms with E-state index >= 15 is 0 Å². The van der Waals surface area contributed by atoms with Crippen LogP contribution in [0.2, 0.25) is 0 Å². The molecule has 1 aromatic carbocycles. The number of ether oxygens (including phenoxy) is 1. The molecule has 0 bridgehead atoms. The lowest BCUT2D eigenvalue weighted by Gasteiger charge is -2.10. The van der Waals surface area contributed by atoms with E-state index in [1.807, 2.05) is 13.1 Å². The number of hydrazine groups is 2. The van der Waals surface area contributed by atoms with Crippen molar-refractivity contribution in [2.45, 2.75) is 0 Å². The number of nitrogens with one attached hydrogen (secondary N) is 2. The highest BCUT2D eigenvalue weighted by Crippen LogP contribution is 2.28. The van der Waals surface area contributed by atoms with Gasteiger partial charge < -0.3 is 10.2 Å². The fraction of sp³-hybridized carbons (Fsp3) is 0.222. The summed E-state index contributed by atoms with van der Waals surface area (Å²) < 4.78 is 4.63. The van der Waals surface area contributed by atoms with Crippen LogP contribution in [0, 0.1) is 0 Å². The Labute approximate surface area is 81.6 Å². The number of hydrogen-bond acceptors (Lipinski definition) is 5. The zero-order chi connectivity index (χ0) is 10.1. The Morgan fingerprint density at radius 1 is 1.50 bits per heavy atom. The van der Waals surface area contributed by atoms with Gasteiger partial charge in [-0.1, -0.05) is 0 Å². The number of hydrogen-bond donors (Lipinski definition) is 2. The Morgan fingerprint density at radius 2 is 2.29 bits per heavy atom. The van der Waals surface area contributed by atoms with Crippen LogP contribution in [0.5, 0.6) is 0 Å². The first-order chi connectivity index (χ1) is 6.72. The summed E-state index contributed by atoms with van der Waals surface area (Å²) >= 11 is 0. The normalized spacial score (nSPS) is 13.4. The van der Waals surface area contributed by atoms with Crippen LogP contribution in [0.4, 0.5) is 11.4 Å². The third-order valence-corrected chi connectivity index (χ3v) is 2.14. The van der Waals surface area contributed by atoms with E-state index in [-0.39, 0.29) is 5.97 Å². The number of fused-ring (bicyclic) bond motifs is 1. The van der Waals surface area contributed by atoms with Crippen LogP contribution in [0.1, 0.15) is 10.4 Å². The number of nitrogens with zero attached hydrogens (tertiary/aromatic N) is 1. The van der Waals surface area contributed by atoms with E-state index in [0.717, 1.165) is 11.4 Å². The van der Waals surface area contributed by atoms with Crippen LogP contribution in [0.3, 0.4) is 0 Å². The minimum Gasteiger partial charge on any atom is -0.465 e. The Morgan fingerprint density at radius 3 is 3.00 bits per heavy atom. The van der Waals surface area contributed by atoms with E-state index in [9.17, 15) is 4.79 Å². The summed E-state index contributed by atoms with van der Waals surface area (Å²) in [5, 5.41) is 1.79. The average Bonchev–Trinajstić information content (AvgIpc) is 2.59. The van der Waals surface area contributed by atoms with Gasteiger partial charge in [0.25, 0.3) is 0 Å². The van der Waals surface area contributed by atoms with E-state index in [2.05, 4.69) is 15.7 Å². The van der Waals surface area contributed by atoms with Crippen LogP contribution in [0.25, 0.3) is 0 Å². The zero-order valence-corrected chi connectivity index (χ0v) is 8.00. The Bertz CT molecular complexity index is 378. The molecule has 2 rings (SSSR count). The molecule has 1 heterocycles. The molecule has 2 N–H and O–H groups in total. The van der Waals surface area contributed by atoms with Gasteiger partial charge in [-0.2, -0.15) is 0 Å². The summed E-state index contributed by atoms with van der Waals surface area (Å²) in [4.78, 5) is 11.2. The largest absolute Gasteiger partial charge is 0.465 e. The van der Waals surface area contributed by atoms with Crippen molar-refractivity contribution in [1.82, 2.24) is 5.53 Å². The summed E-state index contributed by atoms with van der Waals surface area (Å²) in [5.41, 5.74) is 8.27. The van der Waals surface area contributed by atoms with E-state index in [1.54, 1.807) is 17.1 Å². The summed E-state index contributed by atoms with van der Waals surface area (Å²) in [6.07, 6.45) is 0. The highest BCUT2D eigenvalue weighted by atomic mass is 16.5. The lowest BCUT2D eigenvalue weighted by Crippen LogP contribution is -2.31. The van der Waals surface area contributed by atoms with Gasteiger partial charge >= 0.3 is 5.97 Å². The van der Waals surface area contributed by atoms with Gasteiger partial charge in [0, 0.05) is 7.05 Å². The van der Waals surface area contributed by atoms with Crippen molar-refractivity contribution >= 4 is 17.3 Å². The maximum absolute atomic E-state index is 11.2. The van der Waals surface area contributed by atoms with Crippen LogP contribution < -0.4 is 16.0 Å². The van der Waals surface area contributed by atoms with Crippen molar-refractivity contribution in [3.05, 3.63) is 23.8 Å². The minimum absolute atomic E-state index is 0.326. The van der Waals surface area contributed by atoms with E-state index in [1.165, 1.54) is 7.11 Å². The second-order valence-electron chi connectivity index (χ2n) is 3.02. The molecule has 0 unspecified atom stereocenters. The van der Waals surface area contributed by atoms with Gasteiger partial charge in [0.1, 0.15) is 0 Å². The minimum atomic E-state index is -0.326. The molecule has 0 aromatic heterocycles. The monoisotopic (exact) mass is 193 g/mol. The zero-order valence-electron chi connectivity index (χ0n) is 8.00. The lowest BCUT2D eigenvalue weighted by atomic mass is 10.2. The van der Waals surface area contributed by atoms with Crippen molar-refractivity contribution in [3.8, 4) is 0 Å². The van der Waals surface area contributed by atoms with E-state index in [0.29, 0.717) is 5.56 Å². The Kier molecular flexibility index (Phi) is 2.01. The molecule has 0 spiro atoms. The molecule has 14 heavy (non-hydrogen) atoms. The quantitative estimate of drug-likeness (QED) is 0.645. The van der Waals surface area contributed by atoms with Crippen molar-refractivity contribution in [2.75, 3.05) is 24.6 Å². The molecule has 1 aromatic rings. The fourth-order valence-corrected chi connectivity index (χ4v) is 1.36. The molecule has 0 fully saturated rings. The molecule has 0 atom stereocenters. The molecule has 0 aliphatic carbocycles. The molecule has 5 heteroatoms. The summed E-state index contributed by atoms with van der Waals surface area (Å²) in [6.45, 7) is 0. The number of anilines is 2. The number of carbonyl (C=O) groups excluding carboxylic acids is 1. The van der Waals surface area contributed by atoms with Gasteiger partial charge in [0.15, 0.2) is 0 Å². The standard InChI is InChI=1S/C9H11N3O2/c1-12-8-5-6(9(13)14-2)3-4-7(8)10-11-12/h3-5,10-11H,1-2H3. The van der Waals surface area contributed by atoms with Gasteiger partial charge in [-0.05, 0) is 18.2 Å². The van der Waals surface area contributed by atoms with Crippen molar-refractivity contribution in [1.29, 1.82) is 0 Å². The molecule has 5 nitrogen and oxygen atoms in total. The van der Waals surface area contributed by atoms with Crippen molar-refractivity contribution in [3.63, 3.8) is 0 Å². The lowest BCUT2D eigenvalue weighted by molar-refractivity contribution is 0.0601. The van der Waals surface area contributed by atoms with Crippen LogP contribution in [-0.2, 0) is 4.74 Å². The number of methoxy groups -OCH3 is 1. The smallest absolute Gasteiger partial charge is 0.337 e. The molecule has 1 aliphatic rings. The van der Waals surface area contributed by atoms with E-state index in [4.69, 9.17) is 0 Å². The molecular weight excluding hydrogens is 182 g/mol. The Hall–Kier alpha value is -1.75. The van der Waals surface area contributed by atoms with Crippen molar-refractivity contribution < 1.29 is 9.53 Å². The molecule has 0 saturated carbocycles. The van der Waals surface area contributed by atoms with Gasteiger partial charge in [-0.25, -0.2) is 4.79 Å². The topological polar surface area (TPSA) is 53.6 Å². The fourth-order valence-electron chi connectivity index (χ4n) is 1.36. The first kappa shape index (κ1) is 8.83. The number of benzene rings is 1. The Balaban J connectivity index is 2.39. The second-order valence-corrected chi connectivity index (χ2v) is 3.02. The van der Waals surface area contributed by atoms with Gasteiger partial charge in [0.2, 0.25) is 0 Å². The highest BCUT2D eigenvalue weighted by molar-refractivity contribution is 5.92. The predicted octanol–water partition coefficient (Wildman–Crippen LogP) is 0.754. The molecular formula is C9H11N3O2. The average molecular weight is 193 g/mol. The van der Waals surface area contributed by atoms with Gasteiger partial charge in [0.05, 0.1) is 24.0 Å². The van der Waals surface area contributed by atoms with Gasteiger partial charge in [-0.3, -0.25) is 5.01 Å². The number of rotatable bonds is 1. The molecule has 0 amide bonds. The van der Waals surface area contributed by atoms with Crippen molar-refractivity contribution in [2.24, 2.45) is 0 Å². The maximum atomic E-state index is 11.2. The van der Waals surface area contributed by atoms with Crippen LogP contribution in [0.15, 0.2) is 18.2 Å². The molecule has 0 saturated heterocycles. The summed E-state index contributed by atoms with van der Waals surface area (Å²) in [7, 11) is 3.23. The SMILES string of the molecule is COC(=O)c1ccc2c(c1)N(C)NN2. The predicted molar refractivity (Wildman–Crippen MR) is 52.9 cm³/mol. The van der Waals surface area contributed by atoms with Gasteiger partial charge in [-0.15, -0.1) is 5.53 Å². The third-order valence-electron chi connectivity index (χ3n) is 2.14. The van der Waals surface area contributed by atoms with Crippen LogP contribution in [-0.4, -0.2) is 20.1 Å². The first-order valence-electron chi connectivity index (χ1n) is 4.20. The highest BCUT2D eigenvalue weighted by Gasteiger charge is 2.16. The number of carbonyl (C=O) groups is 1. The summed E-state index contributed by atoms with van der Waals surface area (Å²) in [5.74, 6) is -0.326. The van der Waals surface area contributed by atoms with E-state index < -0.39 is 0 Å². The van der Waals surface area contributed by atoms with Crippen LogP contribution >= 0.6 is 0 Å². The number of esters is 1. The molecule has 1 aliphatic heterocycles. The third kappa shape index (κ3) is 1.27. The first-order valence-corrected chi connectivity index (χ1v) is 4.20. The molecule has 74 valence electrons.